The van der Waals surface area contributed by atoms with Crippen LogP contribution in [0.3, 0.4) is 0 Å². The lowest BCUT2D eigenvalue weighted by atomic mass is 10.2. The summed E-state index contributed by atoms with van der Waals surface area (Å²) < 4.78 is 24.1. The van der Waals surface area contributed by atoms with E-state index in [1.807, 2.05) is 13.8 Å². The van der Waals surface area contributed by atoms with Gasteiger partial charge in [-0.05, 0) is 32.4 Å². The van der Waals surface area contributed by atoms with Crippen LogP contribution >= 0.6 is 0 Å². The van der Waals surface area contributed by atoms with E-state index in [-0.39, 0.29) is 18.2 Å². The highest BCUT2D eigenvalue weighted by Gasteiger charge is 2.23. The van der Waals surface area contributed by atoms with Gasteiger partial charge >= 0.3 is 6.03 Å². The third-order valence-corrected chi connectivity index (χ3v) is 3.77. The molecule has 1 aliphatic rings. The number of benzene rings is 1. The molecule has 1 heterocycles. The van der Waals surface area contributed by atoms with Crippen LogP contribution in [-0.4, -0.2) is 56.4 Å². The highest BCUT2D eigenvalue weighted by molar-refractivity contribution is 5.91. The molecule has 6 nitrogen and oxygen atoms in total. The molecule has 1 aromatic rings. The molecule has 0 aromatic heterocycles. The molecule has 134 valence electrons. The molecule has 7 heteroatoms. The molecular formula is C17H26FN3O3. The predicted octanol–water partition coefficient (Wildman–Crippen LogP) is 2.46. The van der Waals surface area contributed by atoms with Gasteiger partial charge in [-0.2, -0.15) is 0 Å². The van der Waals surface area contributed by atoms with Crippen molar-refractivity contribution in [3.8, 4) is 5.75 Å². The van der Waals surface area contributed by atoms with Gasteiger partial charge in [0.05, 0.1) is 18.4 Å². The first-order valence-corrected chi connectivity index (χ1v) is 8.23. The Kier molecular flexibility index (Phi) is 6.81. The minimum absolute atomic E-state index is 0.0664. The lowest BCUT2D eigenvalue weighted by molar-refractivity contribution is 0.160. The summed E-state index contributed by atoms with van der Waals surface area (Å²) in [6, 6.07) is 3.81. The molecule has 0 aliphatic carbocycles. The number of hydrogen-bond acceptors (Lipinski definition) is 4. The number of nitrogens with zero attached hydrogens (tertiary/aromatic N) is 1. The van der Waals surface area contributed by atoms with E-state index in [0.717, 1.165) is 26.1 Å². The van der Waals surface area contributed by atoms with E-state index in [4.69, 9.17) is 9.47 Å². The number of amides is 2. The summed E-state index contributed by atoms with van der Waals surface area (Å²) in [5, 5.41) is 5.61. The van der Waals surface area contributed by atoms with E-state index in [1.165, 1.54) is 18.2 Å². The summed E-state index contributed by atoms with van der Waals surface area (Å²) in [5.41, 5.74) is 0.329. The third-order valence-electron chi connectivity index (χ3n) is 3.77. The largest absolute Gasteiger partial charge is 0.489 e. The van der Waals surface area contributed by atoms with Crippen molar-refractivity contribution in [2.24, 2.45) is 0 Å². The molecule has 1 atom stereocenters. The lowest BCUT2D eigenvalue weighted by Crippen LogP contribution is -2.40. The summed E-state index contributed by atoms with van der Waals surface area (Å²) >= 11 is 0. The number of halogens is 1. The molecule has 24 heavy (non-hydrogen) atoms. The molecule has 1 aliphatic heterocycles. The summed E-state index contributed by atoms with van der Waals surface area (Å²) in [7, 11) is 1.68. The van der Waals surface area contributed by atoms with Crippen molar-refractivity contribution < 1.29 is 18.7 Å². The zero-order chi connectivity index (χ0) is 17.5. The van der Waals surface area contributed by atoms with Crippen LogP contribution in [0.2, 0.25) is 0 Å². The van der Waals surface area contributed by atoms with Crippen molar-refractivity contribution in [2.45, 2.75) is 32.4 Å². The first-order chi connectivity index (χ1) is 11.5. The second-order valence-corrected chi connectivity index (χ2v) is 6.18. The van der Waals surface area contributed by atoms with Gasteiger partial charge < -0.3 is 20.1 Å². The van der Waals surface area contributed by atoms with Gasteiger partial charge in [-0.1, -0.05) is 0 Å². The van der Waals surface area contributed by atoms with Crippen molar-refractivity contribution in [3.05, 3.63) is 24.0 Å². The minimum Gasteiger partial charge on any atom is -0.489 e. The van der Waals surface area contributed by atoms with Crippen molar-refractivity contribution in [1.82, 2.24) is 10.2 Å². The summed E-state index contributed by atoms with van der Waals surface area (Å²) in [4.78, 5) is 14.4. The van der Waals surface area contributed by atoms with Crippen LogP contribution in [0.25, 0.3) is 0 Å². The van der Waals surface area contributed by atoms with E-state index >= 15 is 0 Å². The van der Waals surface area contributed by atoms with Crippen molar-refractivity contribution in [2.75, 3.05) is 38.7 Å². The van der Waals surface area contributed by atoms with Gasteiger partial charge in [0.15, 0.2) is 0 Å². The number of anilines is 1. The highest BCUT2D eigenvalue weighted by Crippen LogP contribution is 2.26. The molecule has 0 saturated carbocycles. The van der Waals surface area contributed by atoms with Crippen LogP contribution < -0.4 is 15.4 Å². The number of carbonyl (C=O) groups is 1. The molecule has 1 aromatic carbocycles. The average Bonchev–Trinajstić information content (AvgIpc) is 2.95. The Morgan fingerprint density at radius 1 is 1.46 bits per heavy atom. The standard InChI is InChI=1S/C17H26FN3O3/c1-12(2)24-16-5-4-13(18)10-15(16)20-17(22)19-14-6-7-21(11-14)8-9-23-3/h4-5,10,12,14H,6-9,11H2,1-3H3,(H2,19,20,22)/t14-/m0/s1. The van der Waals surface area contributed by atoms with Crippen LogP contribution in [0, 0.1) is 5.82 Å². The molecule has 0 radical (unpaired) electrons. The third kappa shape index (κ3) is 5.65. The fourth-order valence-electron chi connectivity index (χ4n) is 2.67. The Hall–Kier alpha value is -1.86. The Morgan fingerprint density at radius 2 is 2.25 bits per heavy atom. The maximum atomic E-state index is 13.5. The van der Waals surface area contributed by atoms with E-state index in [9.17, 15) is 9.18 Å². The van der Waals surface area contributed by atoms with E-state index in [0.29, 0.717) is 18.0 Å². The monoisotopic (exact) mass is 339 g/mol. The molecule has 1 saturated heterocycles. The maximum absolute atomic E-state index is 13.5. The number of likely N-dealkylation sites (tertiary alicyclic amines) is 1. The van der Waals surface area contributed by atoms with E-state index < -0.39 is 5.82 Å². The maximum Gasteiger partial charge on any atom is 0.319 e. The van der Waals surface area contributed by atoms with Gasteiger partial charge in [0.2, 0.25) is 0 Å². The molecular weight excluding hydrogens is 313 g/mol. The van der Waals surface area contributed by atoms with Gasteiger partial charge in [-0.25, -0.2) is 9.18 Å². The zero-order valence-electron chi connectivity index (χ0n) is 14.5. The number of urea groups is 1. The van der Waals surface area contributed by atoms with Gasteiger partial charge in [-0.15, -0.1) is 0 Å². The molecule has 2 N–H and O–H groups in total. The normalized spacial score (nSPS) is 18.0. The van der Waals surface area contributed by atoms with Gasteiger partial charge in [0.1, 0.15) is 11.6 Å². The second-order valence-electron chi connectivity index (χ2n) is 6.18. The summed E-state index contributed by atoms with van der Waals surface area (Å²) in [6.07, 6.45) is 0.818. The van der Waals surface area contributed by atoms with Crippen LogP contribution in [0.4, 0.5) is 14.9 Å². The van der Waals surface area contributed by atoms with Crippen molar-refractivity contribution in [1.29, 1.82) is 0 Å². The first kappa shape index (κ1) is 18.5. The Bertz CT molecular complexity index is 554. The van der Waals surface area contributed by atoms with Crippen molar-refractivity contribution >= 4 is 11.7 Å². The number of ether oxygens (including phenoxy) is 2. The van der Waals surface area contributed by atoms with Crippen LogP contribution in [-0.2, 0) is 4.74 Å². The Labute approximate surface area is 142 Å². The topological polar surface area (TPSA) is 62.8 Å². The summed E-state index contributed by atoms with van der Waals surface area (Å²) in [6.45, 7) is 7.00. The van der Waals surface area contributed by atoms with Gasteiger partial charge in [0.25, 0.3) is 0 Å². The minimum atomic E-state index is -0.423. The van der Waals surface area contributed by atoms with Crippen LogP contribution in [0.15, 0.2) is 18.2 Å². The second kappa shape index (κ2) is 8.84. The van der Waals surface area contributed by atoms with Crippen LogP contribution in [0.1, 0.15) is 20.3 Å². The quantitative estimate of drug-likeness (QED) is 0.801. The average molecular weight is 339 g/mol. The van der Waals surface area contributed by atoms with Gasteiger partial charge in [-0.3, -0.25) is 4.90 Å². The summed E-state index contributed by atoms with van der Waals surface area (Å²) in [5.74, 6) is 0.0303. The Morgan fingerprint density at radius 3 is 2.96 bits per heavy atom. The predicted molar refractivity (Wildman–Crippen MR) is 91.0 cm³/mol. The number of methoxy groups -OCH3 is 1. The molecule has 2 amide bonds. The molecule has 0 spiro atoms. The first-order valence-electron chi connectivity index (χ1n) is 8.23. The number of rotatable bonds is 7. The fourth-order valence-corrected chi connectivity index (χ4v) is 2.67. The SMILES string of the molecule is COCCN1CC[C@H](NC(=O)Nc2cc(F)ccc2OC(C)C)C1. The van der Waals surface area contributed by atoms with Crippen LogP contribution in [0.5, 0.6) is 5.75 Å². The smallest absolute Gasteiger partial charge is 0.319 e. The number of carbonyl (C=O) groups excluding carboxylic acids is 1. The van der Waals surface area contributed by atoms with Crippen molar-refractivity contribution in [3.63, 3.8) is 0 Å². The molecule has 2 rings (SSSR count). The molecule has 0 bridgehead atoms. The molecule has 0 unspecified atom stereocenters. The van der Waals surface area contributed by atoms with E-state index in [2.05, 4.69) is 15.5 Å². The Balaban J connectivity index is 1.89. The highest BCUT2D eigenvalue weighted by atomic mass is 19.1. The van der Waals surface area contributed by atoms with Gasteiger partial charge in [0, 0.05) is 38.9 Å². The van der Waals surface area contributed by atoms with E-state index in [1.54, 1.807) is 7.11 Å². The molecule has 1 fully saturated rings. The number of hydrogen-bond donors (Lipinski definition) is 2. The zero-order valence-corrected chi connectivity index (χ0v) is 14.5. The lowest BCUT2D eigenvalue weighted by Gasteiger charge is -2.18. The number of nitrogens with one attached hydrogen (secondary N) is 2. The fraction of sp³-hybridized carbons (Fsp3) is 0.588.